The minimum Gasteiger partial charge on any atom is -0.445 e. The Morgan fingerprint density at radius 1 is 1.36 bits per heavy atom. The van der Waals surface area contributed by atoms with Crippen molar-refractivity contribution in [3.63, 3.8) is 0 Å². The molecule has 1 nitrogen and oxygen atoms in total. The standard InChI is InChI=1S/C8H6BF3NS/c1-5-4-14-7-2-6(9(10,11)12)3-13-8(5)7/h2-4H,1H3/q-1. The summed E-state index contributed by atoms with van der Waals surface area (Å²) >= 11 is 1.29. The average Bonchev–Trinajstić information content (AvgIpc) is 2.46. The van der Waals surface area contributed by atoms with Gasteiger partial charge in [-0.2, -0.15) is 0 Å². The molecule has 0 aliphatic carbocycles. The maximum Gasteiger partial charge on any atom is 0.511 e. The number of thiophene rings is 1. The number of halogens is 3. The van der Waals surface area contributed by atoms with Gasteiger partial charge < -0.3 is 12.9 Å². The van der Waals surface area contributed by atoms with Gasteiger partial charge in [-0.25, -0.2) is 0 Å². The molecule has 0 radical (unpaired) electrons. The third kappa shape index (κ3) is 1.50. The Hall–Kier alpha value is -1.04. The fraction of sp³-hybridized carbons (Fsp3) is 0.125. The molecule has 2 heterocycles. The van der Waals surface area contributed by atoms with Crippen molar-refractivity contribution in [1.82, 2.24) is 4.98 Å². The van der Waals surface area contributed by atoms with Crippen LogP contribution in [0.5, 0.6) is 0 Å². The van der Waals surface area contributed by atoms with Crippen molar-refractivity contribution in [2.75, 3.05) is 0 Å². The Labute approximate surface area is 82.6 Å². The molecular weight excluding hydrogens is 210 g/mol. The Balaban J connectivity index is 2.63. The summed E-state index contributed by atoms with van der Waals surface area (Å²) in [6.07, 6.45) is 0.905. The Morgan fingerprint density at radius 2 is 2.07 bits per heavy atom. The zero-order valence-electron chi connectivity index (χ0n) is 7.30. The molecule has 0 saturated carbocycles. The third-order valence-electron chi connectivity index (χ3n) is 1.99. The minimum atomic E-state index is -4.93. The van der Waals surface area contributed by atoms with Gasteiger partial charge in [0.25, 0.3) is 0 Å². The molecule has 0 saturated heterocycles. The molecule has 0 aliphatic heterocycles. The summed E-state index contributed by atoms with van der Waals surface area (Å²) in [5, 5.41) is 1.81. The van der Waals surface area contributed by atoms with E-state index in [9.17, 15) is 12.9 Å². The molecule has 0 aliphatic rings. The first kappa shape index (κ1) is 9.52. The van der Waals surface area contributed by atoms with Gasteiger partial charge in [0, 0.05) is 6.20 Å². The van der Waals surface area contributed by atoms with E-state index in [0.717, 1.165) is 11.8 Å². The van der Waals surface area contributed by atoms with Gasteiger partial charge in [-0.1, -0.05) is 11.5 Å². The van der Waals surface area contributed by atoms with E-state index in [1.807, 2.05) is 12.3 Å². The van der Waals surface area contributed by atoms with Crippen LogP contribution in [0.1, 0.15) is 5.56 Å². The fourth-order valence-corrected chi connectivity index (χ4v) is 2.18. The van der Waals surface area contributed by atoms with Crippen LogP contribution in [0.4, 0.5) is 12.9 Å². The summed E-state index contributed by atoms with van der Waals surface area (Å²) in [5.41, 5.74) is 0.962. The maximum atomic E-state index is 12.3. The van der Waals surface area contributed by atoms with E-state index in [0.29, 0.717) is 10.2 Å². The number of pyridine rings is 1. The quantitative estimate of drug-likeness (QED) is 0.667. The minimum absolute atomic E-state index is 0.596. The predicted octanol–water partition coefficient (Wildman–Crippen LogP) is 2.66. The van der Waals surface area contributed by atoms with Crippen LogP contribution in [0.15, 0.2) is 17.6 Å². The highest BCUT2D eigenvalue weighted by Crippen LogP contribution is 2.23. The summed E-state index contributed by atoms with van der Waals surface area (Å²) in [6.45, 7) is -3.09. The lowest BCUT2D eigenvalue weighted by Gasteiger charge is -2.13. The first-order valence-corrected chi connectivity index (χ1v) is 4.90. The summed E-state index contributed by atoms with van der Waals surface area (Å²) in [7, 11) is 0. The van der Waals surface area contributed by atoms with Crippen molar-refractivity contribution in [2.45, 2.75) is 6.92 Å². The molecule has 74 valence electrons. The highest BCUT2D eigenvalue weighted by molar-refractivity contribution is 7.17. The van der Waals surface area contributed by atoms with Crippen molar-refractivity contribution in [1.29, 1.82) is 0 Å². The van der Waals surface area contributed by atoms with Gasteiger partial charge in [-0.15, -0.1) is 11.3 Å². The van der Waals surface area contributed by atoms with Gasteiger partial charge in [-0.3, -0.25) is 4.98 Å². The lowest BCUT2D eigenvalue weighted by molar-refractivity contribution is 0.501. The number of hydrogen-bond acceptors (Lipinski definition) is 2. The van der Waals surface area contributed by atoms with E-state index in [1.165, 1.54) is 17.4 Å². The number of aryl methyl sites for hydroxylation is 1. The van der Waals surface area contributed by atoms with E-state index in [4.69, 9.17) is 0 Å². The van der Waals surface area contributed by atoms with Gasteiger partial charge in [0.1, 0.15) is 0 Å². The Morgan fingerprint density at radius 3 is 2.71 bits per heavy atom. The predicted molar refractivity (Wildman–Crippen MR) is 53.1 cm³/mol. The first-order valence-electron chi connectivity index (χ1n) is 4.02. The molecule has 0 spiro atoms. The summed E-state index contributed by atoms with van der Waals surface area (Å²) < 4.78 is 37.6. The summed E-state index contributed by atoms with van der Waals surface area (Å²) in [4.78, 5) is 3.81. The van der Waals surface area contributed by atoms with Crippen molar-refractivity contribution < 1.29 is 12.9 Å². The van der Waals surface area contributed by atoms with Crippen LogP contribution in [-0.4, -0.2) is 12.0 Å². The second-order valence-electron chi connectivity index (χ2n) is 3.11. The van der Waals surface area contributed by atoms with E-state index < -0.39 is 12.4 Å². The molecule has 0 atom stereocenters. The smallest absolute Gasteiger partial charge is 0.445 e. The van der Waals surface area contributed by atoms with E-state index in [-0.39, 0.29) is 0 Å². The fourth-order valence-electron chi connectivity index (χ4n) is 1.23. The molecule has 14 heavy (non-hydrogen) atoms. The molecule has 0 unspecified atom stereocenters. The first-order chi connectivity index (χ1) is 6.48. The second-order valence-corrected chi connectivity index (χ2v) is 4.02. The van der Waals surface area contributed by atoms with Crippen LogP contribution >= 0.6 is 11.3 Å². The van der Waals surface area contributed by atoms with Crippen LogP contribution in [-0.2, 0) is 0 Å². The summed E-state index contributed by atoms with van der Waals surface area (Å²) in [6, 6.07) is 1.17. The van der Waals surface area contributed by atoms with Crippen LogP contribution < -0.4 is 5.46 Å². The average molecular weight is 216 g/mol. The molecule has 0 aromatic carbocycles. The highest BCUT2D eigenvalue weighted by atomic mass is 32.1. The van der Waals surface area contributed by atoms with Crippen molar-refractivity contribution in [3.05, 3.63) is 23.2 Å². The Kier molecular flexibility index (Phi) is 2.03. The van der Waals surface area contributed by atoms with Crippen molar-refractivity contribution in [3.8, 4) is 0 Å². The molecule has 2 aromatic heterocycles. The topological polar surface area (TPSA) is 12.9 Å². The molecular formula is C8H6BF3NS-. The molecule has 0 N–H and O–H groups in total. The lowest BCUT2D eigenvalue weighted by atomic mass is 9.81. The van der Waals surface area contributed by atoms with Crippen LogP contribution in [0.2, 0.25) is 0 Å². The number of aromatic nitrogens is 1. The van der Waals surface area contributed by atoms with Crippen LogP contribution in [0.25, 0.3) is 10.2 Å². The van der Waals surface area contributed by atoms with Gasteiger partial charge in [0.15, 0.2) is 0 Å². The van der Waals surface area contributed by atoms with Crippen molar-refractivity contribution in [2.24, 2.45) is 0 Å². The van der Waals surface area contributed by atoms with Crippen LogP contribution in [0, 0.1) is 6.92 Å². The largest absolute Gasteiger partial charge is 0.511 e. The van der Waals surface area contributed by atoms with Gasteiger partial charge >= 0.3 is 6.98 Å². The molecule has 2 rings (SSSR count). The van der Waals surface area contributed by atoms with Gasteiger partial charge in [-0.05, 0) is 17.9 Å². The normalized spacial score (nSPS) is 12.3. The number of fused-ring (bicyclic) bond motifs is 1. The molecule has 0 amide bonds. The molecule has 0 fully saturated rings. The van der Waals surface area contributed by atoms with E-state index in [1.54, 1.807) is 0 Å². The SMILES string of the molecule is Cc1csc2cc([B-](F)(F)F)cnc12. The maximum absolute atomic E-state index is 12.3. The molecule has 2 aromatic rings. The lowest BCUT2D eigenvalue weighted by Crippen LogP contribution is -2.34. The third-order valence-corrected chi connectivity index (χ3v) is 3.02. The molecule has 6 heteroatoms. The number of rotatable bonds is 1. The number of nitrogens with zero attached hydrogens (tertiary/aromatic N) is 1. The van der Waals surface area contributed by atoms with E-state index >= 15 is 0 Å². The number of hydrogen-bond donors (Lipinski definition) is 0. The van der Waals surface area contributed by atoms with Crippen LogP contribution in [0.3, 0.4) is 0 Å². The van der Waals surface area contributed by atoms with Gasteiger partial charge in [0.2, 0.25) is 0 Å². The van der Waals surface area contributed by atoms with Crippen molar-refractivity contribution >= 4 is 34.0 Å². The monoisotopic (exact) mass is 216 g/mol. The molecule has 0 bridgehead atoms. The van der Waals surface area contributed by atoms with E-state index in [2.05, 4.69) is 4.98 Å². The second kappa shape index (κ2) is 2.98. The highest BCUT2D eigenvalue weighted by Gasteiger charge is 2.26. The Bertz CT molecular complexity index is 477. The zero-order valence-corrected chi connectivity index (χ0v) is 8.12. The summed E-state index contributed by atoms with van der Waals surface area (Å²) in [5.74, 6) is 0. The zero-order chi connectivity index (χ0) is 10.3. The van der Waals surface area contributed by atoms with Gasteiger partial charge in [0.05, 0.1) is 10.2 Å².